The molecule has 10 heteroatoms. The van der Waals surface area contributed by atoms with E-state index in [9.17, 15) is 21.6 Å². The summed E-state index contributed by atoms with van der Waals surface area (Å²) in [6.07, 6.45) is -0.390. The summed E-state index contributed by atoms with van der Waals surface area (Å²) in [6, 6.07) is 0.854. The zero-order chi connectivity index (χ0) is 16.4. The number of likely N-dealkylation sites (tertiary alicyclic amines) is 1. The maximum atomic E-state index is 12.6. The highest BCUT2D eigenvalue weighted by Crippen LogP contribution is 2.29. The normalized spacial score (nSPS) is 21.2. The Morgan fingerprint density at radius 3 is 2.77 bits per heavy atom. The lowest BCUT2D eigenvalue weighted by atomic mass is 10.1. The van der Waals surface area contributed by atoms with Gasteiger partial charge in [-0.2, -0.15) is 18.3 Å². The molecule has 1 atom stereocenters. The van der Waals surface area contributed by atoms with Gasteiger partial charge in [0.15, 0.2) is 5.69 Å². The molecule has 1 aliphatic rings. The van der Waals surface area contributed by atoms with E-state index in [1.807, 2.05) is 4.90 Å². The van der Waals surface area contributed by atoms with E-state index < -0.39 is 21.9 Å². The highest BCUT2D eigenvalue weighted by molar-refractivity contribution is 7.88. The summed E-state index contributed by atoms with van der Waals surface area (Å²) in [4.78, 5) is 2.03. The Morgan fingerprint density at radius 2 is 2.18 bits per heavy atom. The zero-order valence-electron chi connectivity index (χ0n) is 12.2. The third kappa shape index (κ3) is 4.96. The van der Waals surface area contributed by atoms with Crippen LogP contribution in [0.25, 0.3) is 0 Å². The Labute approximate surface area is 127 Å². The quantitative estimate of drug-likeness (QED) is 0.871. The largest absolute Gasteiger partial charge is 0.435 e. The Morgan fingerprint density at radius 1 is 1.45 bits per heavy atom. The van der Waals surface area contributed by atoms with Crippen molar-refractivity contribution in [3.8, 4) is 0 Å². The van der Waals surface area contributed by atoms with Crippen LogP contribution in [0.3, 0.4) is 0 Å². The summed E-state index contributed by atoms with van der Waals surface area (Å²) < 4.78 is 63.5. The molecule has 2 heterocycles. The molecule has 1 unspecified atom stereocenters. The third-order valence-corrected chi connectivity index (χ3v) is 4.27. The van der Waals surface area contributed by atoms with Crippen LogP contribution in [0.5, 0.6) is 0 Å². The Hall–Kier alpha value is -1.13. The molecule has 22 heavy (non-hydrogen) atoms. The van der Waals surface area contributed by atoms with Crippen molar-refractivity contribution in [2.24, 2.45) is 0 Å². The molecular weight excluding hydrogens is 321 g/mol. The highest BCUT2D eigenvalue weighted by Gasteiger charge is 2.34. The van der Waals surface area contributed by atoms with Gasteiger partial charge in [0.2, 0.25) is 10.0 Å². The fourth-order valence-corrected chi connectivity index (χ4v) is 2.99. The summed E-state index contributed by atoms with van der Waals surface area (Å²) in [7, 11) is -3.22. The molecule has 0 aliphatic carbocycles. The summed E-state index contributed by atoms with van der Waals surface area (Å²) in [5, 5.41) is 3.61. The van der Waals surface area contributed by atoms with Gasteiger partial charge in [-0.15, -0.1) is 0 Å². The van der Waals surface area contributed by atoms with Crippen molar-refractivity contribution in [3.05, 3.63) is 18.0 Å². The van der Waals surface area contributed by atoms with Crippen LogP contribution < -0.4 is 4.72 Å². The Bertz CT molecular complexity index is 600. The first-order valence-corrected chi connectivity index (χ1v) is 8.83. The van der Waals surface area contributed by atoms with Gasteiger partial charge in [0.05, 0.1) is 12.3 Å². The summed E-state index contributed by atoms with van der Waals surface area (Å²) >= 11 is 0. The third-order valence-electron chi connectivity index (χ3n) is 3.55. The number of hydrogen-bond donors (Lipinski definition) is 1. The molecule has 126 valence electrons. The molecule has 0 radical (unpaired) electrons. The fourth-order valence-electron chi connectivity index (χ4n) is 2.53. The molecule has 6 nitrogen and oxygen atoms in total. The number of nitrogens with one attached hydrogen (secondary N) is 1. The van der Waals surface area contributed by atoms with E-state index in [0.717, 1.165) is 31.7 Å². The number of hydrogen-bond acceptors (Lipinski definition) is 4. The van der Waals surface area contributed by atoms with Gasteiger partial charge < -0.3 is 0 Å². The monoisotopic (exact) mass is 340 g/mol. The van der Waals surface area contributed by atoms with Gasteiger partial charge in [0, 0.05) is 25.8 Å². The minimum absolute atomic E-state index is 0.122. The predicted octanol–water partition coefficient (Wildman–Crippen LogP) is 1.09. The molecule has 1 fully saturated rings. The minimum Gasteiger partial charge on any atom is -0.300 e. The van der Waals surface area contributed by atoms with Crippen LogP contribution in [0.2, 0.25) is 0 Å². The molecule has 0 aromatic carbocycles. The summed E-state index contributed by atoms with van der Waals surface area (Å²) in [6.45, 7) is 2.18. The second-order valence-electron chi connectivity index (χ2n) is 5.44. The molecule has 1 aliphatic heterocycles. The average molecular weight is 340 g/mol. The lowest BCUT2D eigenvalue weighted by Gasteiger charge is -2.32. The Kier molecular flexibility index (Phi) is 5.13. The van der Waals surface area contributed by atoms with Crippen LogP contribution in [0, 0.1) is 0 Å². The number of alkyl halides is 3. The van der Waals surface area contributed by atoms with Crippen molar-refractivity contribution in [2.75, 3.05) is 32.4 Å². The smallest absolute Gasteiger partial charge is 0.300 e. The van der Waals surface area contributed by atoms with Gasteiger partial charge in [-0.25, -0.2) is 13.1 Å². The van der Waals surface area contributed by atoms with E-state index in [1.165, 1.54) is 10.9 Å². The van der Waals surface area contributed by atoms with E-state index in [0.29, 0.717) is 19.6 Å². The van der Waals surface area contributed by atoms with Crippen molar-refractivity contribution in [1.29, 1.82) is 0 Å². The molecule has 1 aromatic heterocycles. The van der Waals surface area contributed by atoms with Gasteiger partial charge in [0.1, 0.15) is 0 Å². The fraction of sp³-hybridized carbons (Fsp3) is 0.750. The van der Waals surface area contributed by atoms with Crippen molar-refractivity contribution in [3.63, 3.8) is 0 Å². The van der Waals surface area contributed by atoms with Gasteiger partial charge in [0.25, 0.3) is 0 Å². The predicted molar refractivity (Wildman–Crippen MR) is 74.8 cm³/mol. The second kappa shape index (κ2) is 6.55. The first-order chi connectivity index (χ1) is 10.1. The van der Waals surface area contributed by atoms with Crippen molar-refractivity contribution in [2.45, 2.75) is 25.1 Å². The van der Waals surface area contributed by atoms with E-state index >= 15 is 0 Å². The Balaban J connectivity index is 1.91. The van der Waals surface area contributed by atoms with Crippen molar-refractivity contribution in [1.82, 2.24) is 19.4 Å². The van der Waals surface area contributed by atoms with E-state index in [2.05, 4.69) is 9.82 Å². The van der Waals surface area contributed by atoms with E-state index in [-0.39, 0.29) is 6.04 Å². The number of aromatic nitrogens is 2. The first-order valence-electron chi connectivity index (χ1n) is 6.94. The molecule has 0 saturated carbocycles. The van der Waals surface area contributed by atoms with Crippen molar-refractivity contribution >= 4 is 10.0 Å². The number of halogens is 3. The lowest BCUT2D eigenvalue weighted by molar-refractivity contribution is -0.141. The topological polar surface area (TPSA) is 67.2 Å². The maximum Gasteiger partial charge on any atom is 0.435 e. The average Bonchev–Trinajstić information content (AvgIpc) is 2.87. The number of sulfonamides is 1. The highest BCUT2D eigenvalue weighted by atomic mass is 32.2. The summed E-state index contributed by atoms with van der Waals surface area (Å²) in [5.74, 6) is 0. The van der Waals surface area contributed by atoms with E-state index in [1.54, 1.807) is 0 Å². The maximum absolute atomic E-state index is 12.6. The molecule has 0 amide bonds. The van der Waals surface area contributed by atoms with Crippen molar-refractivity contribution < 1.29 is 21.6 Å². The molecule has 0 spiro atoms. The van der Waals surface area contributed by atoms with Gasteiger partial charge in [-0.1, -0.05) is 0 Å². The summed E-state index contributed by atoms with van der Waals surface area (Å²) in [5.41, 5.74) is -0.886. The van der Waals surface area contributed by atoms with Crippen LogP contribution in [0.15, 0.2) is 12.3 Å². The van der Waals surface area contributed by atoms with Crippen LogP contribution in [-0.2, 0) is 16.2 Å². The van der Waals surface area contributed by atoms with Crippen LogP contribution in [0.1, 0.15) is 24.6 Å². The van der Waals surface area contributed by atoms with Gasteiger partial charge in [-0.05, 0) is 25.5 Å². The molecule has 1 aromatic rings. The number of rotatable bonds is 5. The van der Waals surface area contributed by atoms with Crippen LogP contribution >= 0.6 is 0 Å². The molecule has 1 saturated heterocycles. The molecular formula is C12H19F3N4O2S. The first kappa shape index (κ1) is 17.2. The zero-order valence-corrected chi connectivity index (χ0v) is 13.0. The second-order valence-corrected chi connectivity index (χ2v) is 7.27. The van der Waals surface area contributed by atoms with Gasteiger partial charge >= 0.3 is 6.18 Å². The van der Waals surface area contributed by atoms with Crippen LogP contribution in [-0.4, -0.2) is 55.5 Å². The molecule has 2 rings (SSSR count). The molecule has 0 bridgehead atoms. The minimum atomic E-state index is -4.43. The standard InChI is InChI=1S/C12H19F3N4O2S/c1-22(20,21)16-5-8-18-6-2-3-10(9-18)19-7-4-11(17-19)12(13,14)15/h4,7,10,16H,2-3,5-6,8-9H2,1H3. The SMILES string of the molecule is CS(=O)(=O)NCCN1CCCC(n2ccc(C(F)(F)F)n2)C1. The lowest BCUT2D eigenvalue weighted by Crippen LogP contribution is -2.41. The van der Waals surface area contributed by atoms with Gasteiger partial charge in [-0.3, -0.25) is 9.58 Å². The van der Waals surface area contributed by atoms with Crippen LogP contribution in [0.4, 0.5) is 13.2 Å². The van der Waals surface area contributed by atoms with E-state index in [4.69, 9.17) is 0 Å². The number of nitrogens with zero attached hydrogens (tertiary/aromatic N) is 3. The molecule has 1 N–H and O–H groups in total. The number of piperidine rings is 1.